The van der Waals surface area contributed by atoms with Crippen LogP contribution in [-0.2, 0) is 9.53 Å². The SMILES string of the molecule is CCCC(=O)Nc1ccc(C(=O)[C@H](C)OC(=O)c2cc([N+](=O)[O-])ccc2NC)cc1. The molecule has 2 aromatic carbocycles. The van der Waals surface area contributed by atoms with Crippen molar-refractivity contribution in [1.29, 1.82) is 0 Å². The minimum absolute atomic E-state index is 0.0414. The highest BCUT2D eigenvalue weighted by atomic mass is 16.6. The molecular weight excluding hydrogens is 390 g/mol. The van der Waals surface area contributed by atoms with E-state index in [0.717, 1.165) is 12.5 Å². The number of nitro benzene ring substituents is 1. The summed E-state index contributed by atoms with van der Waals surface area (Å²) in [5.41, 5.74) is 0.903. The second-order valence-corrected chi connectivity index (χ2v) is 6.52. The number of nitro groups is 1. The number of benzene rings is 2. The zero-order valence-corrected chi connectivity index (χ0v) is 16.9. The third kappa shape index (κ3) is 5.63. The maximum absolute atomic E-state index is 12.6. The Bertz CT molecular complexity index is 956. The molecule has 30 heavy (non-hydrogen) atoms. The largest absolute Gasteiger partial charge is 0.451 e. The summed E-state index contributed by atoms with van der Waals surface area (Å²) in [4.78, 5) is 47.1. The van der Waals surface area contributed by atoms with Crippen LogP contribution in [0.4, 0.5) is 17.1 Å². The fraction of sp³-hybridized carbons (Fsp3) is 0.286. The van der Waals surface area contributed by atoms with Gasteiger partial charge in [0.2, 0.25) is 11.7 Å². The highest BCUT2D eigenvalue weighted by Gasteiger charge is 2.23. The van der Waals surface area contributed by atoms with Crippen molar-refractivity contribution >= 4 is 34.7 Å². The number of esters is 1. The Morgan fingerprint density at radius 2 is 1.80 bits per heavy atom. The van der Waals surface area contributed by atoms with E-state index >= 15 is 0 Å². The molecule has 2 rings (SSSR count). The average Bonchev–Trinajstić information content (AvgIpc) is 2.73. The highest BCUT2D eigenvalue weighted by Crippen LogP contribution is 2.23. The molecule has 0 radical (unpaired) electrons. The molecule has 0 aromatic heterocycles. The maximum atomic E-state index is 12.6. The summed E-state index contributed by atoms with van der Waals surface area (Å²) in [7, 11) is 1.56. The normalized spacial score (nSPS) is 11.3. The molecule has 0 aliphatic heterocycles. The van der Waals surface area contributed by atoms with E-state index in [4.69, 9.17) is 4.74 Å². The van der Waals surface area contributed by atoms with Gasteiger partial charge < -0.3 is 15.4 Å². The van der Waals surface area contributed by atoms with E-state index < -0.39 is 22.8 Å². The van der Waals surface area contributed by atoms with Gasteiger partial charge in [0, 0.05) is 42.5 Å². The summed E-state index contributed by atoms with van der Waals surface area (Å²) < 4.78 is 5.24. The number of rotatable bonds is 9. The lowest BCUT2D eigenvalue weighted by Crippen LogP contribution is -2.25. The zero-order chi connectivity index (χ0) is 22.3. The lowest BCUT2D eigenvalue weighted by atomic mass is 10.1. The molecule has 0 aliphatic rings. The predicted molar refractivity (Wildman–Crippen MR) is 112 cm³/mol. The molecule has 2 aromatic rings. The number of hydrogen-bond donors (Lipinski definition) is 2. The third-order valence-electron chi connectivity index (χ3n) is 4.29. The predicted octanol–water partition coefficient (Wildman–Crippen LogP) is 3.80. The van der Waals surface area contributed by atoms with E-state index in [0.29, 0.717) is 23.4 Å². The number of carbonyl (C=O) groups is 3. The maximum Gasteiger partial charge on any atom is 0.341 e. The second kappa shape index (κ2) is 10.1. The number of nitrogens with zero attached hydrogens (tertiary/aromatic N) is 1. The molecule has 0 saturated heterocycles. The number of ketones is 1. The van der Waals surface area contributed by atoms with Crippen molar-refractivity contribution in [1.82, 2.24) is 0 Å². The summed E-state index contributed by atoms with van der Waals surface area (Å²) in [6.45, 7) is 3.32. The first-order valence-corrected chi connectivity index (χ1v) is 9.38. The third-order valence-corrected chi connectivity index (χ3v) is 4.29. The van der Waals surface area contributed by atoms with Crippen LogP contribution in [-0.4, -0.2) is 35.7 Å². The molecule has 1 amide bonds. The van der Waals surface area contributed by atoms with Crippen molar-refractivity contribution in [2.75, 3.05) is 17.7 Å². The first-order chi connectivity index (χ1) is 14.3. The molecule has 158 valence electrons. The molecular formula is C21H23N3O6. The molecule has 2 N–H and O–H groups in total. The molecule has 9 nitrogen and oxygen atoms in total. The number of hydrogen-bond acceptors (Lipinski definition) is 7. The molecule has 0 aliphatic carbocycles. The van der Waals surface area contributed by atoms with Crippen LogP contribution in [0.3, 0.4) is 0 Å². The zero-order valence-electron chi connectivity index (χ0n) is 16.9. The minimum atomic E-state index is -1.11. The standard InChI is InChI=1S/C21H23N3O6/c1-4-5-19(25)23-15-8-6-14(7-9-15)20(26)13(2)30-21(27)17-12-16(24(28)29)10-11-18(17)22-3/h6-13,22H,4-5H2,1-3H3,(H,23,25)/t13-/m0/s1. The van der Waals surface area contributed by atoms with Crippen LogP contribution in [0, 0.1) is 10.1 Å². The molecule has 0 heterocycles. The van der Waals surface area contributed by atoms with Gasteiger partial charge in [0.05, 0.1) is 10.5 Å². The Kier molecular flexibility index (Phi) is 7.62. The Morgan fingerprint density at radius 1 is 1.13 bits per heavy atom. The monoisotopic (exact) mass is 413 g/mol. The van der Waals surface area contributed by atoms with Crippen LogP contribution in [0.1, 0.15) is 47.4 Å². The van der Waals surface area contributed by atoms with Crippen molar-refractivity contribution < 1.29 is 24.0 Å². The summed E-state index contributed by atoms with van der Waals surface area (Å²) in [5, 5.41) is 16.5. The van der Waals surface area contributed by atoms with Crippen LogP contribution in [0.2, 0.25) is 0 Å². The van der Waals surface area contributed by atoms with E-state index in [9.17, 15) is 24.5 Å². The molecule has 9 heteroatoms. The summed E-state index contributed by atoms with van der Waals surface area (Å²) in [5.74, 6) is -1.41. The van der Waals surface area contributed by atoms with Crippen molar-refractivity contribution in [2.45, 2.75) is 32.8 Å². The van der Waals surface area contributed by atoms with Crippen LogP contribution >= 0.6 is 0 Å². The molecule has 0 saturated carbocycles. The topological polar surface area (TPSA) is 128 Å². The quantitative estimate of drug-likeness (QED) is 0.277. The number of nitrogens with one attached hydrogen (secondary N) is 2. The number of amides is 1. The van der Waals surface area contributed by atoms with E-state index in [2.05, 4.69) is 10.6 Å². The van der Waals surface area contributed by atoms with Crippen molar-refractivity contribution in [3.63, 3.8) is 0 Å². The highest BCUT2D eigenvalue weighted by molar-refractivity contribution is 6.03. The first-order valence-electron chi connectivity index (χ1n) is 9.38. The number of ether oxygens (including phenoxy) is 1. The molecule has 1 atom stereocenters. The van der Waals surface area contributed by atoms with Gasteiger partial charge in [-0.05, 0) is 43.7 Å². The number of anilines is 2. The van der Waals surface area contributed by atoms with Crippen LogP contribution in [0.5, 0.6) is 0 Å². The van der Waals surface area contributed by atoms with Gasteiger partial charge in [-0.15, -0.1) is 0 Å². The van der Waals surface area contributed by atoms with E-state index in [1.807, 2.05) is 6.92 Å². The van der Waals surface area contributed by atoms with Crippen molar-refractivity contribution in [3.8, 4) is 0 Å². The summed E-state index contributed by atoms with van der Waals surface area (Å²) >= 11 is 0. The molecule has 0 unspecified atom stereocenters. The van der Waals surface area contributed by atoms with Gasteiger partial charge in [0.1, 0.15) is 0 Å². The smallest absolute Gasteiger partial charge is 0.341 e. The van der Waals surface area contributed by atoms with Gasteiger partial charge in [0.25, 0.3) is 5.69 Å². The Labute approximate surface area is 173 Å². The lowest BCUT2D eigenvalue weighted by Gasteiger charge is -2.14. The van der Waals surface area contributed by atoms with Gasteiger partial charge in [-0.2, -0.15) is 0 Å². The average molecular weight is 413 g/mol. The molecule has 0 bridgehead atoms. The number of carbonyl (C=O) groups excluding carboxylic acids is 3. The van der Waals surface area contributed by atoms with Crippen molar-refractivity contribution in [2.24, 2.45) is 0 Å². The first kappa shape index (κ1) is 22.5. The minimum Gasteiger partial charge on any atom is -0.451 e. The van der Waals surface area contributed by atoms with Crippen LogP contribution in [0.25, 0.3) is 0 Å². The summed E-state index contributed by atoms with van der Waals surface area (Å²) in [6, 6.07) is 10.00. The van der Waals surface area contributed by atoms with Crippen molar-refractivity contribution in [3.05, 3.63) is 63.7 Å². The van der Waals surface area contributed by atoms with Crippen LogP contribution in [0.15, 0.2) is 42.5 Å². The van der Waals surface area contributed by atoms with Gasteiger partial charge in [0.15, 0.2) is 6.10 Å². The fourth-order valence-electron chi connectivity index (χ4n) is 2.71. The van der Waals surface area contributed by atoms with Gasteiger partial charge in [-0.1, -0.05) is 6.92 Å². The Morgan fingerprint density at radius 3 is 2.37 bits per heavy atom. The van der Waals surface area contributed by atoms with Crippen LogP contribution < -0.4 is 10.6 Å². The Hall–Kier alpha value is -3.75. The number of Topliss-reactive ketones (excluding diaryl/α,β-unsaturated/α-hetero) is 1. The van der Waals surface area contributed by atoms with Gasteiger partial charge in [-0.3, -0.25) is 19.7 Å². The fourth-order valence-corrected chi connectivity index (χ4v) is 2.71. The van der Waals surface area contributed by atoms with E-state index in [-0.39, 0.29) is 17.2 Å². The number of non-ortho nitro benzene ring substituents is 1. The van der Waals surface area contributed by atoms with E-state index in [1.165, 1.54) is 31.2 Å². The van der Waals surface area contributed by atoms with Gasteiger partial charge in [-0.25, -0.2) is 4.79 Å². The second-order valence-electron chi connectivity index (χ2n) is 6.52. The molecule has 0 fully saturated rings. The Balaban J connectivity index is 2.10. The summed E-state index contributed by atoms with van der Waals surface area (Å²) in [6.07, 6.45) is 0.0207. The lowest BCUT2D eigenvalue weighted by molar-refractivity contribution is -0.384. The molecule has 0 spiro atoms. The van der Waals surface area contributed by atoms with Gasteiger partial charge >= 0.3 is 5.97 Å². The van der Waals surface area contributed by atoms with E-state index in [1.54, 1.807) is 19.2 Å².